The Morgan fingerprint density at radius 3 is 3.04 bits per heavy atom. The minimum Gasteiger partial charge on any atom is -0.292 e. The Morgan fingerprint density at radius 1 is 1.39 bits per heavy atom. The third-order valence-electron chi connectivity index (χ3n) is 4.13. The summed E-state index contributed by atoms with van der Waals surface area (Å²) in [5, 5.41) is 0.711. The van der Waals surface area contributed by atoms with E-state index in [9.17, 15) is 9.18 Å². The SMILES string of the molecule is CCc1cc2c(=O)n3c(nc2s1)/C(=C/c1cccc(F)c1)CC3. The van der Waals surface area contributed by atoms with Crippen LogP contribution in [-0.2, 0) is 13.0 Å². The Balaban J connectivity index is 1.88. The number of thiophene rings is 1. The van der Waals surface area contributed by atoms with Gasteiger partial charge in [-0.3, -0.25) is 9.36 Å². The van der Waals surface area contributed by atoms with E-state index in [1.54, 1.807) is 22.0 Å². The Labute approximate surface area is 136 Å². The first-order valence-electron chi connectivity index (χ1n) is 7.65. The van der Waals surface area contributed by atoms with Crippen LogP contribution in [0.4, 0.5) is 4.39 Å². The fourth-order valence-electron chi connectivity index (χ4n) is 2.97. The molecule has 0 saturated heterocycles. The first kappa shape index (κ1) is 14.3. The van der Waals surface area contributed by atoms with Crippen molar-refractivity contribution in [2.45, 2.75) is 26.3 Å². The Morgan fingerprint density at radius 2 is 2.26 bits per heavy atom. The number of aryl methyl sites for hydroxylation is 1. The Kier molecular flexibility index (Phi) is 3.38. The minimum atomic E-state index is -0.260. The average molecular weight is 326 g/mol. The van der Waals surface area contributed by atoms with E-state index >= 15 is 0 Å². The summed E-state index contributed by atoms with van der Waals surface area (Å²) >= 11 is 1.58. The van der Waals surface area contributed by atoms with Gasteiger partial charge in [-0.15, -0.1) is 11.3 Å². The van der Waals surface area contributed by atoms with Crippen LogP contribution in [0.3, 0.4) is 0 Å². The van der Waals surface area contributed by atoms with Gasteiger partial charge >= 0.3 is 0 Å². The number of halogens is 1. The second-order valence-corrected chi connectivity index (χ2v) is 6.77. The van der Waals surface area contributed by atoms with Crippen molar-refractivity contribution >= 4 is 33.2 Å². The van der Waals surface area contributed by atoms with E-state index in [0.29, 0.717) is 11.9 Å². The molecule has 23 heavy (non-hydrogen) atoms. The van der Waals surface area contributed by atoms with E-state index < -0.39 is 0 Å². The molecule has 0 aliphatic carbocycles. The number of hydrogen-bond acceptors (Lipinski definition) is 3. The van der Waals surface area contributed by atoms with Gasteiger partial charge in [0.25, 0.3) is 5.56 Å². The molecule has 3 aromatic rings. The zero-order valence-electron chi connectivity index (χ0n) is 12.7. The molecule has 1 aromatic carbocycles. The van der Waals surface area contributed by atoms with Crippen LogP contribution in [0.5, 0.6) is 0 Å². The summed E-state index contributed by atoms with van der Waals surface area (Å²) in [4.78, 5) is 19.3. The van der Waals surface area contributed by atoms with Crippen molar-refractivity contribution in [2.75, 3.05) is 0 Å². The molecule has 4 rings (SSSR count). The van der Waals surface area contributed by atoms with Crippen molar-refractivity contribution in [3.05, 3.63) is 62.8 Å². The van der Waals surface area contributed by atoms with Crippen LogP contribution in [0.15, 0.2) is 35.1 Å². The van der Waals surface area contributed by atoms with Crippen LogP contribution in [0.25, 0.3) is 21.9 Å². The highest BCUT2D eigenvalue weighted by atomic mass is 32.1. The lowest BCUT2D eigenvalue weighted by Gasteiger charge is -2.03. The first-order chi connectivity index (χ1) is 11.2. The number of allylic oxidation sites excluding steroid dienone is 1. The average Bonchev–Trinajstić information content (AvgIpc) is 3.13. The maximum absolute atomic E-state index is 13.4. The summed E-state index contributed by atoms with van der Waals surface area (Å²) in [5.74, 6) is 0.459. The van der Waals surface area contributed by atoms with Gasteiger partial charge in [-0.05, 0) is 48.3 Å². The van der Waals surface area contributed by atoms with Gasteiger partial charge in [-0.25, -0.2) is 9.37 Å². The molecular formula is C18H15FN2OS. The summed E-state index contributed by atoms with van der Waals surface area (Å²) in [5.41, 5.74) is 1.81. The molecule has 0 saturated carbocycles. The summed E-state index contributed by atoms with van der Waals surface area (Å²) in [6.07, 6.45) is 3.58. The summed E-state index contributed by atoms with van der Waals surface area (Å²) < 4.78 is 15.1. The lowest BCUT2D eigenvalue weighted by molar-refractivity contribution is 0.627. The Bertz CT molecular complexity index is 1000. The van der Waals surface area contributed by atoms with E-state index in [-0.39, 0.29) is 11.4 Å². The van der Waals surface area contributed by atoms with Crippen molar-refractivity contribution < 1.29 is 4.39 Å². The molecule has 0 fully saturated rings. The van der Waals surface area contributed by atoms with Crippen LogP contribution in [-0.4, -0.2) is 9.55 Å². The number of hydrogen-bond donors (Lipinski definition) is 0. The van der Waals surface area contributed by atoms with Crippen molar-refractivity contribution in [2.24, 2.45) is 0 Å². The van der Waals surface area contributed by atoms with Gasteiger partial charge in [0, 0.05) is 11.4 Å². The van der Waals surface area contributed by atoms with Crippen molar-refractivity contribution in [1.82, 2.24) is 9.55 Å². The normalized spacial score (nSPS) is 15.5. The molecule has 3 heterocycles. The second kappa shape index (κ2) is 5.42. The van der Waals surface area contributed by atoms with Crippen LogP contribution >= 0.6 is 11.3 Å². The zero-order chi connectivity index (χ0) is 16.0. The summed E-state index contributed by atoms with van der Waals surface area (Å²) in [6, 6.07) is 8.42. The van der Waals surface area contributed by atoms with Crippen molar-refractivity contribution in [1.29, 1.82) is 0 Å². The molecule has 5 heteroatoms. The monoisotopic (exact) mass is 326 g/mol. The predicted octanol–water partition coefficient (Wildman–Crippen LogP) is 4.10. The van der Waals surface area contributed by atoms with E-state index in [1.165, 1.54) is 17.0 Å². The molecule has 0 amide bonds. The number of benzene rings is 1. The molecule has 0 radical (unpaired) electrons. The predicted molar refractivity (Wildman–Crippen MR) is 92.1 cm³/mol. The molecule has 2 aromatic heterocycles. The van der Waals surface area contributed by atoms with Crippen LogP contribution in [0.2, 0.25) is 0 Å². The smallest absolute Gasteiger partial charge is 0.262 e. The number of aromatic nitrogens is 2. The third kappa shape index (κ3) is 2.41. The molecule has 0 spiro atoms. The summed E-state index contributed by atoms with van der Waals surface area (Å²) in [7, 11) is 0. The molecule has 1 aliphatic heterocycles. The van der Waals surface area contributed by atoms with Gasteiger partial charge in [-0.1, -0.05) is 19.1 Å². The molecule has 116 valence electrons. The number of rotatable bonds is 2. The highest BCUT2D eigenvalue weighted by molar-refractivity contribution is 7.18. The van der Waals surface area contributed by atoms with E-state index in [0.717, 1.165) is 34.6 Å². The van der Waals surface area contributed by atoms with Gasteiger partial charge < -0.3 is 0 Å². The van der Waals surface area contributed by atoms with E-state index in [2.05, 4.69) is 6.92 Å². The van der Waals surface area contributed by atoms with Crippen LogP contribution in [0, 0.1) is 5.82 Å². The number of nitrogens with zero attached hydrogens (tertiary/aromatic N) is 2. The van der Waals surface area contributed by atoms with Crippen molar-refractivity contribution in [3.8, 4) is 0 Å². The number of fused-ring (bicyclic) bond motifs is 2. The molecule has 1 aliphatic rings. The maximum Gasteiger partial charge on any atom is 0.262 e. The summed E-state index contributed by atoms with van der Waals surface area (Å²) in [6.45, 7) is 2.71. The first-order valence-corrected chi connectivity index (χ1v) is 8.47. The standard InChI is InChI=1S/C18H15FN2OS/c1-2-14-10-15-17(23-14)20-16-12(6-7-21(16)18(15)22)8-11-4-3-5-13(19)9-11/h3-5,8-10H,2,6-7H2,1H3/b12-8+. The van der Waals surface area contributed by atoms with Gasteiger partial charge in [0.15, 0.2) is 0 Å². The lowest BCUT2D eigenvalue weighted by atomic mass is 10.1. The molecule has 0 N–H and O–H groups in total. The van der Waals surface area contributed by atoms with Crippen LogP contribution in [0.1, 0.15) is 29.6 Å². The molecule has 0 unspecified atom stereocenters. The highest BCUT2D eigenvalue weighted by Gasteiger charge is 2.21. The van der Waals surface area contributed by atoms with Gasteiger partial charge in [-0.2, -0.15) is 0 Å². The fourth-order valence-corrected chi connectivity index (χ4v) is 3.93. The quantitative estimate of drug-likeness (QED) is 0.710. The zero-order valence-corrected chi connectivity index (χ0v) is 13.5. The van der Waals surface area contributed by atoms with E-state index in [1.807, 2.05) is 18.2 Å². The molecule has 3 nitrogen and oxygen atoms in total. The largest absolute Gasteiger partial charge is 0.292 e. The van der Waals surface area contributed by atoms with Crippen LogP contribution < -0.4 is 5.56 Å². The maximum atomic E-state index is 13.4. The van der Waals surface area contributed by atoms with E-state index in [4.69, 9.17) is 4.98 Å². The minimum absolute atomic E-state index is 0.0311. The molecule has 0 atom stereocenters. The molecule has 0 bridgehead atoms. The highest BCUT2D eigenvalue weighted by Crippen LogP contribution is 2.30. The van der Waals surface area contributed by atoms with Gasteiger partial charge in [0.1, 0.15) is 16.5 Å². The van der Waals surface area contributed by atoms with Gasteiger partial charge in [0.2, 0.25) is 0 Å². The topological polar surface area (TPSA) is 34.9 Å². The Hall–Kier alpha value is -2.27. The van der Waals surface area contributed by atoms with Crippen molar-refractivity contribution in [3.63, 3.8) is 0 Å². The second-order valence-electron chi connectivity index (χ2n) is 5.65. The fraction of sp³-hybridized carbons (Fsp3) is 0.222. The van der Waals surface area contributed by atoms with Gasteiger partial charge in [0.05, 0.1) is 5.39 Å². The molecular weight excluding hydrogens is 311 g/mol. The lowest BCUT2D eigenvalue weighted by Crippen LogP contribution is -2.19. The third-order valence-corrected chi connectivity index (χ3v) is 5.31.